The first kappa shape index (κ1) is 17.8. The van der Waals surface area contributed by atoms with Crippen molar-refractivity contribution in [2.45, 2.75) is 6.92 Å². The van der Waals surface area contributed by atoms with Gasteiger partial charge in [0.1, 0.15) is 6.07 Å². The number of carbonyl (C=O) groups is 2. The highest BCUT2D eigenvalue weighted by atomic mass is 16.5. The van der Waals surface area contributed by atoms with Crippen molar-refractivity contribution in [3.8, 4) is 6.07 Å². The first-order chi connectivity index (χ1) is 12.0. The molecule has 0 aliphatic heterocycles. The van der Waals surface area contributed by atoms with Crippen molar-refractivity contribution in [3.05, 3.63) is 71.4 Å². The van der Waals surface area contributed by atoms with Crippen molar-refractivity contribution in [3.63, 3.8) is 0 Å². The number of benzene rings is 2. The maximum Gasteiger partial charge on any atom is 0.350 e. The van der Waals surface area contributed by atoms with Crippen molar-refractivity contribution < 1.29 is 14.3 Å². The van der Waals surface area contributed by atoms with E-state index in [1.165, 1.54) is 13.3 Å². The predicted molar refractivity (Wildman–Crippen MR) is 94.9 cm³/mol. The second-order valence-electron chi connectivity index (χ2n) is 5.15. The number of methoxy groups -OCH3 is 1. The van der Waals surface area contributed by atoms with Gasteiger partial charge in [-0.15, -0.1) is 0 Å². The first-order valence-electron chi connectivity index (χ1n) is 7.47. The maximum atomic E-state index is 12.3. The van der Waals surface area contributed by atoms with Crippen LogP contribution in [0.1, 0.15) is 15.9 Å². The van der Waals surface area contributed by atoms with Crippen LogP contribution < -0.4 is 10.6 Å². The molecule has 0 saturated carbocycles. The van der Waals surface area contributed by atoms with Crippen molar-refractivity contribution in [1.29, 1.82) is 5.26 Å². The molecule has 0 radical (unpaired) electrons. The molecule has 1 amide bonds. The number of hydrogen-bond acceptors (Lipinski definition) is 5. The van der Waals surface area contributed by atoms with Crippen molar-refractivity contribution >= 4 is 23.3 Å². The molecule has 25 heavy (non-hydrogen) atoms. The third kappa shape index (κ3) is 4.69. The van der Waals surface area contributed by atoms with E-state index in [-0.39, 0.29) is 11.5 Å². The number of nitrogens with one attached hydrogen (secondary N) is 2. The Morgan fingerprint density at radius 1 is 1.08 bits per heavy atom. The van der Waals surface area contributed by atoms with Gasteiger partial charge < -0.3 is 15.4 Å². The summed E-state index contributed by atoms with van der Waals surface area (Å²) < 4.78 is 4.49. The van der Waals surface area contributed by atoms with Crippen LogP contribution in [0, 0.1) is 18.3 Å². The lowest BCUT2D eigenvalue weighted by molar-refractivity contribution is -0.135. The number of nitriles is 1. The molecule has 2 N–H and O–H groups in total. The zero-order chi connectivity index (χ0) is 18.2. The minimum Gasteiger partial charge on any atom is -0.465 e. The average Bonchev–Trinajstić information content (AvgIpc) is 2.63. The van der Waals surface area contributed by atoms with Gasteiger partial charge in [-0.1, -0.05) is 18.2 Å². The van der Waals surface area contributed by atoms with Gasteiger partial charge in [-0.05, 0) is 42.8 Å². The fourth-order valence-corrected chi connectivity index (χ4v) is 2.08. The molecular weight excluding hydrogens is 318 g/mol. The van der Waals surface area contributed by atoms with E-state index in [9.17, 15) is 9.59 Å². The number of anilines is 2. The Balaban J connectivity index is 2.04. The maximum absolute atomic E-state index is 12.3. The lowest BCUT2D eigenvalue weighted by Gasteiger charge is -2.08. The molecule has 0 bridgehead atoms. The number of rotatable bonds is 5. The smallest absolute Gasteiger partial charge is 0.350 e. The molecule has 6 nitrogen and oxygen atoms in total. The summed E-state index contributed by atoms with van der Waals surface area (Å²) in [5.74, 6) is -0.895. The van der Waals surface area contributed by atoms with E-state index >= 15 is 0 Å². The second kappa shape index (κ2) is 8.31. The normalized spacial score (nSPS) is 10.5. The molecule has 0 saturated heterocycles. The van der Waals surface area contributed by atoms with Crippen molar-refractivity contribution in [2.24, 2.45) is 0 Å². The molecule has 0 aliphatic rings. The van der Waals surface area contributed by atoms with Crippen LogP contribution in [-0.2, 0) is 9.53 Å². The Morgan fingerprint density at radius 3 is 2.32 bits per heavy atom. The molecule has 2 aromatic rings. The number of nitrogens with zero attached hydrogens (tertiary/aromatic N) is 1. The van der Waals surface area contributed by atoms with Crippen LogP contribution in [0.3, 0.4) is 0 Å². The van der Waals surface area contributed by atoms with Crippen LogP contribution in [0.2, 0.25) is 0 Å². The van der Waals surface area contributed by atoms with E-state index in [2.05, 4.69) is 15.4 Å². The lowest BCUT2D eigenvalue weighted by Crippen LogP contribution is -2.13. The highest BCUT2D eigenvalue weighted by Crippen LogP contribution is 2.16. The van der Waals surface area contributed by atoms with E-state index in [1.807, 2.05) is 25.1 Å². The lowest BCUT2D eigenvalue weighted by atomic mass is 10.1. The van der Waals surface area contributed by atoms with E-state index in [0.717, 1.165) is 5.56 Å². The van der Waals surface area contributed by atoms with Crippen LogP contribution in [0.5, 0.6) is 0 Å². The minimum absolute atomic E-state index is 0.139. The van der Waals surface area contributed by atoms with Crippen LogP contribution >= 0.6 is 0 Å². The summed E-state index contributed by atoms with van der Waals surface area (Å²) >= 11 is 0. The average molecular weight is 335 g/mol. The number of carbonyl (C=O) groups excluding carboxylic acids is 2. The van der Waals surface area contributed by atoms with Gasteiger partial charge in [0.2, 0.25) is 0 Å². The van der Waals surface area contributed by atoms with Crippen LogP contribution in [0.15, 0.2) is 60.3 Å². The number of amides is 1. The van der Waals surface area contributed by atoms with Crippen LogP contribution in [-0.4, -0.2) is 19.0 Å². The Bertz CT molecular complexity index is 849. The summed E-state index contributed by atoms with van der Waals surface area (Å²) in [5, 5.41) is 14.5. The molecule has 0 unspecified atom stereocenters. The van der Waals surface area contributed by atoms with Gasteiger partial charge in [0.25, 0.3) is 5.91 Å². The molecule has 0 spiro atoms. The number of hydrogen-bond donors (Lipinski definition) is 2. The summed E-state index contributed by atoms with van der Waals surface area (Å²) in [6.45, 7) is 1.88. The number of esters is 1. The first-order valence-corrected chi connectivity index (χ1v) is 7.47. The monoisotopic (exact) mass is 335 g/mol. The number of ether oxygens (including phenoxy) is 1. The Morgan fingerprint density at radius 2 is 1.72 bits per heavy atom. The molecule has 2 aromatic carbocycles. The topological polar surface area (TPSA) is 91.2 Å². The van der Waals surface area contributed by atoms with Gasteiger partial charge in [-0.3, -0.25) is 4.79 Å². The van der Waals surface area contributed by atoms with Crippen LogP contribution in [0.25, 0.3) is 0 Å². The summed E-state index contributed by atoms with van der Waals surface area (Å²) in [6, 6.07) is 16.0. The van der Waals surface area contributed by atoms with E-state index in [4.69, 9.17) is 5.26 Å². The highest BCUT2D eigenvalue weighted by molar-refractivity contribution is 6.05. The summed E-state index contributed by atoms with van der Waals surface area (Å²) in [6.07, 6.45) is 1.27. The van der Waals surface area contributed by atoms with E-state index in [0.29, 0.717) is 16.9 Å². The molecule has 0 atom stereocenters. The quantitative estimate of drug-likeness (QED) is 0.497. The zero-order valence-electron chi connectivity index (χ0n) is 13.9. The molecule has 126 valence electrons. The van der Waals surface area contributed by atoms with Crippen LogP contribution in [0.4, 0.5) is 11.4 Å². The molecule has 0 aromatic heterocycles. The molecule has 2 rings (SSSR count). The third-order valence-corrected chi connectivity index (χ3v) is 3.44. The SMILES string of the molecule is COC(=O)/C(C#N)=C/Nc1ccc(NC(=O)c2ccccc2C)cc1. The van der Waals surface area contributed by atoms with E-state index < -0.39 is 5.97 Å². The van der Waals surface area contributed by atoms with Gasteiger partial charge >= 0.3 is 5.97 Å². The molecule has 0 heterocycles. The summed E-state index contributed by atoms with van der Waals surface area (Å²) in [7, 11) is 1.21. The Hall–Kier alpha value is -3.59. The number of aryl methyl sites for hydroxylation is 1. The standard InChI is InChI=1S/C19H17N3O3/c1-13-5-3-4-6-17(13)18(23)22-16-9-7-15(8-10-16)21-12-14(11-20)19(24)25-2/h3-10,12,21H,1-2H3,(H,22,23)/b14-12+. The largest absolute Gasteiger partial charge is 0.465 e. The van der Waals surface area contributed by atoms with Gasteiger partial charge in [0.05, 0.1) is 7.11 Å². The fourth-order valence-electron chi connectivity index (χ4n) is 2.08. The zero-order valence-corrected chi connectivity index (χ0v) is 13.9. The van der Waals surface area contributed by atoms with Crippen molar-refractivity contribution in [1.82, 2.24) is 0 Å². The molecular formula is C19H17N3O3. The fraction of sp³-hybridized carbons (Fsp3) is 0.105. The molecule has 0 fully saturated rings. The second-order valence-corrected chi connectivity index (χ2v) is 5.15. The molecule has 0 aliphatic carbocycles. The minimum atomic E-state index is -0.711. The summed E-state index contributed by atoms with van der Waals surface area (Å²) in [5.41, 5.74) is 2.67. The van der Waals surface area contributed by atoms with Gasteiger partial charge in [-0.25, -0.2) is 4.79 Å². The van der Waals surface area contributed by atoms with Gasteiger partial charge in [0, 0.05) is 23.1 Å². The van der Waals surface area contributed by atoms with E-state index in [1.54, 1.807) is 36.4 Å². The summed E-state index contributed by atoms with van der Waals surface area (Å²) in [4.78, 5) is 23.6. The Kier molecular flexibility index (Phi) is 5.91. The Labute approximate surface area is 145 Å². The van der Waals surface area contributed by atoms with Gasteiger partial charge in [0.15, 0.2) is 5.57 Å². The third-order valence-electron chi connectivity index (χ3n) is 3.44. The van der Waals surface area contributed by atoms with Gasteiger partial charge in [-0.2, -0.15) is 5.26 Å². The predicted octanol–water partition coefficient (Wildman–Crippen LogP) is 3.24. The molecule has 6 heteroatoms. The highest BCUT2D eigenvalue weighted by Gasteiger charge is 2.09. The van der Waals surface area contributed by atoms with Crippen molar-refractivity contribution in [2.75, 3.05) is 17.7 Å².